The highest BCUT2D eigenvalue weighted by Crippen LogP contribution is 2.31. The van der Waals surface area contributed by atoms with E-state index in [-0.39, 0.29) is 5.69 Å². The minimum absolute atomic E-state index is 0.130. The summed E-state index contributed by atoms with van der Waals surface area (Å²) in [5.74, 6) is 0.747. The lowest BCUT2D eigenvalue weighted by atomic mass is 10.1. The lowest BCUT2D eigenvalue weighted by Crippen LogP contribution is -2.13. The number of nitrogens with zero attached hydrogens (tertiary/aromatic N) is 3. The highest BCUT2D eigenvalue weighted by Gasteiger charge is 2.19. The standard InChI is InChI=1S/C23H20Cl2N4O3/c1-13-22(14(2)29(27-13)12-15-5-4-6-17(9-15)31-3)26-23(30)20-11-21(32-28-20)18-8-7-16(24)10-19(18)25/h4-11H,12H2,1-3H3,(H,26,30). The van der Waals surface area contributed by atoms with Crippen LogP contribution in [0.5, 0.6) is 5.75 Å². The molecular formula is C23H20Cl2N4O3. The zero-order valence-electron chi connectivity index (χ0n) is 17.6. The van der Waals surface area contributed by atoms with Crippen LogP contribution in [0.1, 0.15) is 27.4 Å². The van der Waals surface area contributed by atoms with Crippen LogP contribution in [-0.4, -0.2) is 28.0 Å². The third kappa shape index (κ3) is 4.49. The molecule has 0 saturated carbocycles. The Balaban J connectivity index is 1.53. The second-order valence-electron chi connectivity index (χ2n) is 7.21. The minimum atomic E-state index is -0.405. The molecule has 0 aliphatic rings. The van der Waals surface area contributed by atoms with Gasteiger partial charge in [0.15, 0.2) is 11.5 Å². The fourth-order valence-electron chi connectivity index (χ4n) is 3.35. The van der Waals surface area contributed by atoms with Gasteiger partial charge >= 0.3 is 0 Å². The third-order valence-electron chi connectivity index (χ3n) is 5.03. The largest absolute Gasteiger partial charge is 0.497 e. The van der Waals surface area contributed by atoms with Crippen LogP contribution >= 0.6 is 23.2 Å². The number of carbonyl (C=O) groups excluding carboxylic acids is 1. The Hall–Kier alpha value is -3.29. The Bertz CT molecular complexity index is 1300. The number of halogens is 2. The first-order chi connectivity index (χ1) is 15.4. The number of aromatic nitrogens is 3. The summed E-state index contributed by atoms with van der Waals surface area (Å²) in [6, 6.07) is 14.3. The second-order valence-corrected chi connectivity index (χ2v) is 8.05. The molecule has 2 aromatic carbocycles. The first-order valence-corrected chi connectivity index (χ1v) is 10.5. The van der Waals surface area contributed by atoms with Gasteiger partial charge in [-0.3, -0.25) is 9.48 Å². The summed E-state index contributed by atoms with van der Waals surface area (Å²) in [5.41, 5.74) is 3.92. The van der Waals surface area contributed by atoms with Crippen LogP contribution in [0.3, 0.4) is 0 Å². The number of rotatable bonds is 6. The van der Waals surface area contributed by atoms with Crippen LogP contribution in [0.2, 0.25) is 10.0 Å². The molecule has 1 amide bonds. The monoisotopic (exact) mass is 470 g/mol. The van der Waals surface area contributed by atoms with Crippen molar-refractivity contribution in [3.63, 3.8) is 0 Å². The van der Waals surface area contributed by atoms with Gasteiger partial charge in [0, 0.05) is 16.7 Å². The van der Waals surface area contributed by atoms with Crippen molar-refractivity contribution in [2.75, 3.05) is 12.4 Å². The second kappa shape index (κ2) is 9.06. The predicted octanol–water partition coefficient (Wildman–Crippen LogP) is 5.77. The number of amides is 1. The molecule has 0 aliphatic carbocycles. The summed E-state index contributed by atoms with van der Waals surface area (Å²) < 4.78 is 12.4. The molecule has 164 valence electrons. The molecule has 0 radical (unpaired) electrons. The highest BCUT2D eigenvalue weighted by molar-refractivity contribution is 6.36. The van der Waals surface area contributed by atoms with Gasteiger partial charge in [0.25, 0.3) is 5.91 Å². The van der Waals surface area contributed by atoms with Crippen LogP contribution in [0.25, 0.3) is 11.3 Å². The summed E-state index contributed by atoms with van der Waals surface area (Å²) in [6.07, 6.45) is 0. The van der Waals surface area contributed by atoms with Crippen molar-refractivity contribution in [1.29, 1.82) is 0 Å². The zero-order chi connectivity index (χ0) is 22.8. The van der Waals surface area contributed by atoms with Gasteiger partial charge in [-0.05, 0) is 49.7 Å². The molecule has 4 aromatic rings. The molecule has 7 nitrogen and oxygen atoms in total. The Labute approximate surface area is 194 Å². The molecule has 0 spiro atoms. The molecule has 9 heteroatoms. The maximum Gasteiger partial charge on any atom is 0.277 e. The molecule has 0 unspecified atom stereocenters. The summed E-state index contributed by atoms with van der Waals surface area (Å²) in [4.78, 5) is 12.8. The molecule has 0 saturated heterocycles. The number of anilines is 1. The van der Waals surface area contributed by atoms with E-state index < -0.39 is 5.91 Å². The number of benzene rings is 2. The van der Waals surface area contributed by atoms with E-state index >= 15 is 0 Å². The van der Waals surface area contributed by atoms with Crippen molar-refractivity contribution in [3.05, 3.63) is 81.2 Å². The van der Waals surface area contributed by atoms with E-state index in [1.54, 1.807) is 25.3 Å². The van der Waals surface area contributed by atoms with Gasteiger partial charge < -0.3 is 14.6 Å². The number of hydrogen-bond donors (Lipinski definition) is 1. The van der Waals surface area contributed by atoms with Crippen LogP contribution in [-0.2, 0) is 6.54 Å². The van der Waals surface area contributed by atoms with Crippen molar-refractivity contribution >= 4 is 34.8 Å². The smallest absolute Gasteiger partial charge is 0.277 e. The van der Waals surface area contributed by atoms with E-state index in [4.69, 9.17) is 32.5 Å². The number of nitrogens with one attached hydrogen (secondary N) is 1. The Morgan fingerprint density at radius 3 is 2.72 bits per heavy atom. The fourth-order valence-corrected chi connectivity index (χ4v) is 3.85. The minimum Gasteiger partial charge on any atom is -0.497 e. The number of ether oxygens (including phenoxy) is 1. The Kier molecular flexibility index (Phi) is 6.21. The van der Waals surface area contributed by atoms with E-state index in [9.17, 15) is 4.79 Å². The van der Waals surface area contributed by atoms with Crippen molar-refractivity contribution in [3.8, 4) is 17.1 Å². The molecule has 32 heavy (non-hydrogen) atoms. The van der Waals surface area contributed by atoms with E-state index in [2.05, 4.69) is 15.6 Å². The Morgan fingerprint density at radius 2 is 1.97 bits per heavy atom. The molecule has 0 aliphatic heterocycles. The Morgan fingerprint density at radius 1 is 1.16 bits per heavy atom. The van der Waals surface area contributed by atoms with Crippen molar-refractivity contribution in [2.45, 2.75) is 20.4 Å². The van der Waals surface area contributed by atoms with Crippen molar-refractivity contribution < 1.29 is 14.1 Å². The fraction of sp³-hybridized carbons (Fsp3) is 0.174. The summed E-state index contributed by atoms with van der Waals surface area (Å²) in [5, 5.41) is 12.3. The number of methoxy groups -OCH3 is 1. The zero-order valence-corrected chi connectivity index (χ0v) is 19.2. The molecule has 0 fully saturated rings. The average Bonchev–Trinajstić information content (AvgIpc) is 3.35. The summed E-state index contributed by atoms with van der Waals surface area (Å²) in [6.45, 7) is 4.28. The van der Waals surface area contributed by atoms with Gasteiger partial charge in [-0.15, -0.1) is 0 Å². The first-order valence-electron chi connectivity index (χ1n) is 9.76. The van der Waals surface area contributed by atoms with Crippen LogP contribution < -0.4 is 10.1 Å². The number of carbonyl (C=O) groups is 1. The number of hydrogen-bond acceptors (Lipinski definition) is 5. The molecular weight excluding hydrogens is 451 g/mol. The SMILES string of the molecule is COc1cccc(Cn2nc(C)c(NC(=O)c3cc(-c4ccc(Cl)cc4Cl)on3)c2C)c1. The van der Waals surface area contributed by atoms with E-state index in [1.165, 1.54) is 6.07 Å². The highest BCUT2D eigenvalue weighted by atomic mass is 35.5. The molecule has 4 rings (SSSR count). The molecule has 0 atom stereocenters. The van der Waals surface area contributed by atoms with Gasteiger partial charge in [-0.1, -0.05) is 40.5 Å². The predicted molar refractivity (Wildman–Crippen MR) is 124 cm³/mol. The van der Waals surface area contributed by atoms with Gasteiger partial charge in [-0.25, -0.2) is 0 Å². The number of aryl methyl sites for hydroxylation is 1. The quantitative estimate of drug-likeness (QED) is 0.386. The maximum atomic E-state index is 12.8. The van der Waals surface area contributed by atoms with Gasteiger partial charge in [0.05, 0.1) is 35.8 Å². The van der Waals surface area contributed by atoms with E-state index in [0.29, 0.717) is 39.3 Å². The van der Waals surface area contributed by atoms with E-state index in [0.717, 1.165) is 17.0 Å². The summed E-state index contributed by atoms with van der Waals surface area (Å²) in [7, 11) is 1.63. The molecule has 0 bridgehead atoms. The molecule has 1 N–H and O–H groups in total. The maximum absolute atomic E-state index is 12.8. The average molecular weight is 471 g/mol. The van der Waals surface area contributed by atoms with Crippen molar-refractivity contribution in [2.24, 2.45) is 0 Å². The molecule has 2 aromatic heterocycles. The topological polar surface area (TPSA) is 82.2 Å². The first kappa shape index (κ1) is 21.9. The van der Waals surface area contributed by atoms with Crippen molar-refractivity contribution in [1.82, 2.24) is 14.9 Å². The lowest BCUT2D eigenvalue weighted by molar-refractivity contribution is 0.101. The third-order valence-corrected chi connectivity index (χ3v) is 5.57. The molecule has 2 heterocycles. The van der Waals surface area contributed by atoms with Gasteiger partial charge in [-0.2, -0.15) is 5.10 Å². The van der Waals surface area contributed by atoms with Gasteiger partial charge in [0.2, 0.25) is 0 Å². The van der Waals surface area contributed by atoms with Crippen LogP contribution in [0.4, 0.5) is 5.69 Å². The van der Waals surface area contributed by atoms with Crippen LogP contribution in [0.15, 0.2) is 53.1 Å². The van der Waals surface area contributed by atoms with Crippen LogP contribution in [0, 0.1) is 13.8 Å². The normalized spacial score (nSPS) is 10.9. The van der Waals surface area contributed by atoms with Gasteiger partial charge in [0.1, 0.15) is 5.75 Å². The van der Waals surface area contributed by atoms with E-state index in [1.807, 2.05) is 42.8 Å². The summed E-state index contributed by atoms with van der Waals surface area (Å²) >= 11 is 12.2. The lowest BCUT2D eigenvalue weighted by Gasteiger charge is -2.08.